The molecule has 0 spiro atoms. The summed E-state index contributed by atoms with van der Waals surface area (Å²) in [6, 6.07) is 13.7. The van der Waals surface area contributed by atoms with Crippen molar-refractivity contribution in [2.45, 2.75) is 31.4 Å². The predicted octanol–water partition coefficient (Wildman–Crippen LogP) is 3.33. The molecule has 1 amide bonds. The molecule has 0 heterocycles. The van der Waals surface area contributed by atoms with Crippen molar-refractivity contribution in [3.63, 3.8) is 0 Å². The molecule has 2 aromatic carbocycles. The Morgan fingerprint density at radius 3 is 2.50 bits per heavy atom. The summed E-state index contributed by atoms with van der Waals surface area (Å²) in [5, 5.41) is 3.23. The highest BCUT2D eigenvalue weighted by molar-refractivity contribution is 7.85. The Balaban J connectivity index is 2.00. The van der Waals surface area contributed by atoms with Gasteiger partial charge in [-0.05, 0) is 30.7 Å². The van der Waals surface area contributed by atoms with E-state index in [9.17, 15) is 13.8 Å². The Labute approximate surface area is 160 Å². The van der Waals surface area contributed by atoms with Crippen LogP contribution in [-0.4, -0.2) is 27.9 Å². The van der Waals surface area contributed by atoms with Gasteiger partial charge in [-0.25, -0.2) is 4.79 Å². The van der Waals surface area contributed by atoms with E-state index in [1.54, 1.807) is 49.4 Å². The minimum absolute atomic E-state index is 0.207. The van der Waals surface area contributed by atoms with Gasteiger partial charge in [-0.3, -0.25) is 9.00 Å². The molecular formula is C19H20ClNO4S. The largest absolute Gasteiger partial charge is 0.449 e. The molecule has 0 radical (unpaired) electrons. The molecule has 0 bridgehead atoms. The van der Waals surface area contributed by atoms with Gasteiger partial charge in [0.1, 0.15) is 0 Å². The summed E-state index contributed by atoms with van der Waals surface area (Å²) in [6.45, 7) is 3.49. The second kappa shape index (κ2) is 9.50. The van der Waals surface area contributed by atoms with E-state index in [-0.39, 0.29) is 12.1 Å². The number of esters is 1. The van der Waals surface area contributed by atoms with Crippen molar-refractivity contribution in [1.82, 2.24) is 5.32 Å². The molecule has 2 atom stereocenters. The molecule has 0 aliphatic rings. The maximum Gasteiger partial charge on any atom is 0.340 e. The van der Waals surface area contributed by atoms with Crippen molar-refractivity contribution in [3.8, 4) is 0 Å². The van der Waals surface area contributed by atoms with E-state index in [1.807, 2.05) is 6.07 Å². The zero-order chi connectivity index (χ0) is 19.1. The summed E-state index contributed by atoms with van der Waals surface area (Å²) in [4.78, 5) is 25.0. The minimum atomic E-state index is -1.30. The molecule has 0 fully saturated rings. The van der Waals surface area contributed by atoms with Gasteiger partial charge < -0.3 is 10.1 Å². The van der Waals surface area contributed by atoms with Crippen LogP contribution in [0, 0.1) is 0 Å². The normalized spacial score (nSPS) is 12.9. The van der Waals surface area contributed by atoms with E-state index in [0.717, 1.165) is 5.56 Å². The third kappa shape index (κ3) is 5.16. The van der Waals surface area contributed by atoms with Gasteiger partial charge in [0.05, 0.1) is 21.3 Å². The third-order valence-electron chi connectivity index (χ3n) is 3.68. The first-order valence-corrected chi connectivity index (χ1v) is 9.83. The lowest BCUT2D eigenvalue weighted by Crippen LogP contribution is -2.35. The molecule has 0 aromatic heterocycles. The van der Waals surface area contributed by atoms with Crippen molar-refractivity contribution in [2.24, 2.45) is 0 Å². The van der Waals surface area contributed by atoms with Crippen LogP contribution in [0.2, 0.25) is 5.02 Å². The van der Waals surface area contributed by atoms with Crippen LogP contribution in [0.1, 0.15) is 29.8 Å². The molecular weight excluding hydrogens is 374 g/mol. The van der Waals surface area contributed by atoms with E-state index in [0.29, 0.717) is 15.7 Å². The number of benzene rings is 2. The summed E-state index contributed by atoms with van der Waals surface area (Å²) >= 11 is 6.05. The lowest BCUT2D eigenvalue weighted by atomic mass is 10.2. The summed E-state index contributed by atoms with van der Waals surface area (Å²) < 4.78 is 17.3. The fourth-order valence-electron chi connectivity index (χ4n) is 2.23. The van der Waals surface area contributed by atoms with Crippen LogP contribution >= 0.6 is 11.6 Å². The average Bonchev–Trinajstić information content (AvgIpc) is 2.66. The lowest BCUT2D eigenvalue weighted by Gasteiger charge is -2.15. The standard InChI is InChI=1S/C19H20ClNO4S/c1-3-26(24)17-11-7-5-9-15(17)19(23)25-13(2)18(22)21-12-14-8-4-6-10-16(14)20/h4-11,13H,3,12H2,1-2H3,(H,21,22)/t13-,26+/m1/s1. The molecule has 1 N–H and O–H groups in total. The van der Waals surface area contributed by atoms with E-state index in [4.69, 9.17) is 16.3 Å². The number of carbonyl (C=O) groups excluding carboxylic acids is 2. The number of nitrogens with one attached hydrogen (secondary N) is 1. The van der Waals surface area contributed by atoms with Crippen LogP contribution < -0.4 is 5.32 Å². The number of hydrogen-bond acceptors (Lipinski definition) is 4. The average molecular weight is 394 g/mol. The Morgan fingerprint density at radius 2 is 1.81 bits per heavy atom. The number of hydrogen-bond donors (Lipinski definition) is 1. The highest BCUT2D eigenvalue weighted by Crippen LogP contribution is 2.17. The Bertz CT molecular complexity index is 825. The Morgan fingerprint density at radius 1 is 1.15 bits per heavy atom. The van der Waals surface area contributed by atoms with Crippen LogP contribution in [0.5, 0.6) is 0 Å². The minimum Gasteiger partial charge on any atom is -0.449 e. The first-order chi connectivity index (χ1) is 12.4. The summed E-state index contributed by atoms with van der Waals surface area (Å²) in [5.74, 6) is -0.729. The number of halogens is 1. The quantitative estimate of drug-likeness (QED) is 0.732. The summed E-state index contributed by atoms with van der Waals surface area (Å²) in [5.41, 5.74) is 0.975. The first kappa shape index (κ1) is 20.1. The maximum absolute atomic E-state index is 12.4. The van der Waals surface area contributed by atoms with Gasteiger partial charge in [0.25, 0.3) is 5.91 Å². The summed E-state index contributed by atoms with van der Waals surface area (Å²) in [6.07, 6.45) is -0.992. The van der Waals surface area contributed by atoms with Crippen LogP contribution in [0.15, 0.2) is 53.4 Å². The van der Waals surface area contributed by atoms with Gasteiger partial charge >= 0.3 is 5.97 Å². The zero-order valence-electron chi connectivity index (χ0n) is 14.5. The van der Waals surface area contributed by atoms with Gasteiger partial charge in [0, 0.05) is 17.3 Å². The molecule has 26 heavy (non-hydrogen) atoms. The molecule has 0 saturated heterocycles. The molecule has 0 aliphatic heterocycles. The third-order valence-corrected chi connectivity index (χ3v) is 5.42. The molecule has 5 nitrogen and oxygen atoms in total. The second-order valence-electron chi connectivity index (χ2n) is 5.49. The van der Waals surface area contributed by atoms with Gasteiger partial charge in [-0.2, -0.15) is 0 Å². The molecule has 0 unspecified atom stereocenters. The van der Waals surface area contributed by atoms with Crippen molar-refractivity contribution in [3.05, 3.63) is 64.7 Å². The fourth-order valence-corrected chi connectivity index (χ4v) is 3.38. The van der Waals surface area contributed by atoms with Crippen LogP contribution in [0.25, 0.3) is 0 Å². The van der Waals surface area contributed by atoms with Crippen molar-refractivity contribution in [1.29, 1.82) is 0 Å². The van der Waals surface area contributed by atoms with E-state index in [2.05, 4.69) is 5.32 Å². The van der Waals surface area contributed by atoms with Crippen molar-refractivity contribution < 1.29 is 18.5 Å². The second-order valence-corrected chi connectivity index (χ2v) is 7.60. The summed E-state index contributed by atoms with van der Waals surface area (Å²) in [7, 11) is -1.30. The van der Waals surface area contributed by atoms with Crippen molar-refractivity contribution in [2.75, 3.05) is 5.75 Å². The Hall–Kier alpha value is -2.18. The highest BCUT2D eigenvalue weighted by Gasteiger charge is 2.22. The molecule has 2 rings (SSSR count). The topological polar surface area (TPSA) is 72.5 Å². The molecule has 138 valence electrons. The van der Waals surface area contributed by atoms with Gasteiger partial charge in [-0.1, -0.05) is 48.9 Å². The molecule has 0 saturated carbocycles. The Kier molecular flexibility index (Phi) is 7.36. The number of amides is 1. The number of ether oxygens (including phenoxy) is 1. The smallest absolute Gasteiger partial charge is 0.340 e. The van der Waals surface area contributed by atoms with E-state index in [1.165, 1.54) is 6.92 Å². The molecule has 2 aromatic rings. The van der Waals surface area contributed by atoms with Crippen molar-refractivity contribution >= 4 is 34.3 Å². The first-order valence-electron chi connectivity index (χ1n) is 8.13. The molecule has 0 aliphatic carbocycles. The van der Waals surface area contributed by atoms with Crippen LogP contribution in [-0.2, 0) is 26.9 Å². The van der Waals surface area contributed by atoms with Crippen LogP contribution in [0.4, 0.5) is 0 Å². The maximum atomic E-state index is 12.4. The monoisotopic (exact) mass is 393 g/mol. The highest BCUT2D eigenvalue weighted by atomic mass is 35.5. The lowest BCUT2D eigenvalue weighted by molar-refractivity contribution is -0.129. The number of rotatable bonds is 7. The number of carbonyl (C=O) groups is 2. The van der Waals surface area contributed by atoms with Gasteiger partial charge in [0.2, 0.25) is 0 Å². The zero-order valence-corrected chi connectivity index (χ0v) is 16.1. The predicted molar refractivity (Wildman–Crippen MR) is 102 cm³/mol. The SMILES string of the molecule is CC[S@](=O)c1ccccc1C(=O)O[C@H](C)C(=O)NCc1ccccc1Cl. The van der Waals surface area contributed by atoms with E-state index >= 15 is 0 Å². The fraction of sp³-hybridized carbons (Fsp3) is 0.263. The van der Waals surface area contributed by atoms with Crippen LogP contribution in [0.3, 0.4) is 0 Å². The van der Waals surface area contributed by atoms with Gasteiger partial charge in [-0.15, -0.1) is 0 Å². The molecule has 7 heteroatoms. The van der Waals surface area contributed by atoms with Gasteiger partial charge in [0.15, 0.2) is 6.10 Å². The van der Waals surface area contributed by atoms with E-state index < -0.39 is 28.8 Å².